The molecule has 0 radical (unpaired) electrons. The molecule has 110 valence electrons. The Morgan fingerprint density at radius 3 is 2.90 bits per heavy atom. The molecule has 2 heterocycles. The van der Waals surface area contributed by atoms with E-state index in [1.165, 1.54) is 11.5 Å². The van der Waals surface area contributed by atoms with Gasteiger partial charge in [-0.05, 0) is 23.9 Å². The molecule has 7 nitrogen and oxygen atoms in total. The second kappa shape index (κ2) is 6.87. The minimum absolute atomic E-state index is 0.0350. The summed E-state index contributed by atoms with van der Waals surface area (Å²) in [5, 5.41) is 8.44. The molecule has 2 aromatic heterocycles. The van der Waals surface area contributed by atoms with Gasteiger partial charge >= 0.3 is 0 Å². The van der Waals surface area contributed by atoms with Crippen molar-refractivity contribution in [2.24, 2.45) is 5.84 Å². The van der Waals surface area contributed by atoms with Gasteiger partial charge in [-0.25, -0.2) is 4.98 Å². The smallest absolute Gasteiger partial charge is 0.138 e. The van der Waals surface area contributed by atoms with Gasteiger partial charge in [0.15, 0.2) is 0 Å². The first-order valence-electron chi connectivity index (χ1n) is 6.82. The number of aromatic nitrogens is 5. The molecule has 20 heavy (non-hydrogen) atoms. The number of aryl methyl sites for hydroxylation is 1. The highest BCUT2D eigenvalue weighted by atomic mass is 32.1. The summed E-state index contributed by atoms with van der Waals surface area (Å²) in [4.78, 5) is 5.40. The highest BCUT2D eigenvalue weighted by Gasteiger charge is 2.22. The normalized spacial score (nSPS) is 13.1. The molecular formula is C12H21N7S. The number of hydrogen-bond donors (Lipinski definition) is 2. The van der Waals surface area contributed by atoms with Crippen molar-refractivity contribution in [3.8, 4) is 0 Å². The van der Waals surface area contributed by atoms with Crippen molar-refractivity contribution < 1.29 is 0 Å². The third-order valence-corrected chi connectivity index (χ3v) is 3.98. The zero-order valence-electron chi connectivity index (χ0n) is 12.1. The van der Waals surface area contributed by atoms with Crippen LogP contribution in [-0.4, -0.2) is 24.4 Å². The Labute approximate surface area is 122 Å². The lowest BCUT2D eigenvalue weighted by atomic mass is 10.0. The van der Waals surface area contributed by atoms with Crippen LogP contribution in [0.1, 0.15) is 55.5 Å². The molecule has 0 aliphatic rings. The molecule has 8 heteroatoms. The van der Waals surface area contributed by atoms with E-state index in [1.807, 2.05) is 4.68 Å². The molecule has 3 N–H and O–H groups in total. The lowest BCUT2D eigenvalue weighted by Crippen LogP contribution is -2.30. The summed E-state index contributed by atoms with van der Waals surface area (Å²) in [6.07, 6.45) is 3.30. The molecular weight excluding hydrogens is 274 g/mol. The van der Waals surface area contributed by atoms with Gasteiger partial charge in [0.1, 0.15) is 12.2 Å². The summed E-state index contributed by atoms with van der Waals surface area (Å²) in [5.74, 6) is 6.97. The first kappa shape index (κ1) is 15.0. The van der Waals surface area contributed by atoms with Crippen molar-refractivity contribution in [2.75, 3.05) is 0 Å². The number of nitrogens with zero attached hydrogens (tertiary/aromatic N) is 5. The molecule has 0 spiro atoms. The molecule has 0 saturated carbocycles. The predicted molar refractivity (Wildman–Crippen MR) is 78.1 cm³/mol. The minimum Gasteiger partial charge on any atom is -0.271 e. The van der Waals surface area contributed by atoms with Crippen LogP contribution in [0.3, 0.4) is 0 Å². The van der Waals surface area contributed by atoms with E-state index in [0.29, 0.717) is 12.3 Å². The first-order valence-corrected chi connectivity index (χ1v) is 7.59. The van der Waals surface area contributed by atoms with E-state index in [0.717, 1.165) is 29.4 Å². The van der Waals surface area contributed by atoms with Gasteiger partial charge in [0.25, 0.3) is 0 Å². The van der Waals surface area contributed by atoms with Crippen LogP contribution in [0.5, 0.6) is 0 Å². The van der Waals surface area contributed by atoms with Gasteiger partial charge in [-0.3, -0.25) is 16.0 Å². The Morgan fingerprint density at radius 1 is 1.45 bits per heavy atom. The lowest BCUT2D eigenvalue weighted by molar-refractivity contribution is 0.499. The van der Waals surface area contributed by atoms with Gasteiger partial charge in [-0.15, -0.1) is 5.10 Å². The molecule has 0 fully saturated rings. The van der Waals surface area contributed by atoms with E-state index in [-0.39, 0.29) is 6.04 Å². The van der Waals surface area contributed by atoms with E-state index >= 15 is 0 Å². The van der Waals surface area contributed by atoms with Gasteiger partial charge in [0.05, 0.1) is 16.6 Å². The van der Waals surface area contributed by atoms with Gasteiger partial charge in [-0.2, -0.15) is 5.10 Å². The first-order chi connectivity index (χ1) is 9.67. The standard InChI is InChI=1S/C12H21N7S/c1-4-5-19-10(14-7-15-19)6-9(16-13)12-11(8(2)3)17-18-20-12/h7-9,16H,4-6,13H2,1-3H3. The van der Waals surface area contributed by atoms with E-state index in [9.17, 15) is 0 Å². The maximum absolute atomic E-state index is 5.72. The summed E-state index contributed by atoms with van der Waals surface area (Å²) >= 11 is 1.39. The SMILES string of the molecule is CCCn1ncnc1CC(NN)c1snnc1C(C)C. The van der Waals surface area contributed by atoms with Crippen molar-refractivity contribution in [1.82, 2.24) is 29.8 Å². The monoisotopic (exact) mass is 295 g/mol. The fourth-order valence-corrected chi connectivity index (χ4v) is 2.97. The van der Waals surface area contributed by atoms with Crippen molar-refractivity contribution in [3.63, 3.8) is 0 Å². The number of nitrogens with one attached hydrogen (secondary N) is 1. The minimum atomic E-state index is -0.0350. The average molecular weight is 295 g/mol. The lowest BCUT2D eigenvalue weighted by Gasteiger charge is -2.16. The van der Waals surface area contributed by atoms with Crippen LogP contribution in [0.25, 0.3) is 0 Å². The Balaban J connectivity index is 2.20. The number of hydrazine groups is 1. The highest BCUT2D eigenvalue weighted by Crippen LogP contribution is 2.27. The van der Waals surface area contributed by atoms with Crippen LogP contribution in [0.15, 0.2) is 6.33 Å². The Bertz CT molecular complexity index is 533. The van der Waals surface area contributed by atoms with Crippen LogP contribution in [-0.2, 0) is 13.0 Å². The third-order valence-electron chi connectivity index (χ3n) is 3.12. The summed E-state index contributed by atoms with van der Waals surface area (Å²) in [6, 6.07) is -0.0350. The van der Waals surface area contributed by atoms with Crippen LogP contribution in [0, 0.1) is 0 Å². The molecule has 1 atom stereocenters. The zero-order chi connectivity index (χ0) is 14.5. The molecule has 0 aliphatic carbocycles. The summed E-state index contributed by atoms with van der Waals surface area (Å²) in [5.41, 5.74) is 3.86. The number of nitrogens with two attached hydrogens (primary N) is 1. The molecule has 0 aliphatic heterocycles. The topological polar surface area (TPSA) is 94.5 Å². The highest BCUT2D eigenvalue weighted by molar-refractivity contribution is 7.05. The van der Waals surface area contributed by atoms with Gasteiger partial charge < -0.3 is 0 Å². The zero-order valence-corrected chi connectivity index (χ0v) is 12.9. The van der Waals surface area contributed by atoms with Crippen molar-refractivity contribution in [2.45, 2.75) is 52.1 Å². The predicted octanol–water partition coefficient (Wildman–Crippen LogP) is 1.41. The Morgan fingerprint density at radius 2 is 2.25 bits per heavy atom. The molecule has 2 rings (SSSR count). The summed E-state index contributed by atoms with van der Waals surface area (Å²) < 4.78 is 5.98. The molecule has 0 bridgehead atoms. The van der Waals surface area contributed by atoms with Crippen molar-refractivity contribution in [3.05, 3.63) is 22.7 Å². The van der Waals surface area contributed by atoms with Gasteiger partial charge in [-0.1, -0.05) is 25.3 Å². The van der Waals surface area contributed by atoms with Gasteiger partial charge in [0.2, 0.25) is 0 Å². The molecule has 2 aromatic rings. The quantitative estimate of drug-likeness (QED) is 0.592. The molecule has 0 saturated heterocycles. The molecule has 0 aromatic carbocycles. The summed E-state index contributed by atoms with van der Waals surface area (Å²) in [7, 11) is 0. The van der Waals surface area contributed by atoms with Crippen LogP contribution < -0.4 is 11.3 Å². The van der Waals surface area contributed by atoms with E-state index < -0.39 is 0 Å². The molecule has 0 amide bonds. The third kappa shape index (κ3) is 3.20. The largest absolute Gasteiger partial charge is 0.271 e. The Hall–Kier alpha value is -1.38. The fraction of sp³-hybridized carbons (Fsp3) is 0.667. The second-order valence-electron chi connectivity index (χ2n) is 5.00. The molecule has 1 unspecified atom stereocenters. The maximum Gasteiger partial charge on any atom is 0.138 e. The maximum atomic E-state index is 5.72. The summed E-state index contributed by atoms with van der Waals surface area (Å²) in [6.45, 7) is 7.19. The fourth-order valence-electron chi connectivity index (χ4n) is 2.10. The van der Waals surface area contributed by atoms with Crippen LogP contribution in [0.4, 0.5) is 0 Å². The van der Waals surface area contributed by atoms with Crippen molar-refractivity contribution in [1.29, 1.82) is 0 Å². The number of rotatable bonds is 7. The van der Waals surface area contributed by atoms with E-state index in [4.69, 9.17) is 5.84 Å². The van der Waals surface area contributed by atoms with Crippen LogP contribution in [0.2, 0.25) is 0 Å². The van der Waals surface area contributed by atoms with E-state index in [1.54, 1.807) is 6.33 Å². The van der Waals surface area contributed by atoms with Gasteiger partial charge in [0, 0.05) is 13.0 Å². The van der Waals surface area contributed by atoms with E-state index in [2.05, 4.69) is 45.9 Å². The van der Waals surface area contributed by atoms with Crippen molar-refractivity contribution >= 4 is 11.5 Å². The average Bonchev–Trinajstić information content (AvgIpc) is 3.05. The number of hydrogen-bond acceptors (Lipinski definition) is 7. The Kier molecular flexibility index (Phi) is 5.16. The van der Waals surface area contributed by atoms with Crippen LogP contribution >= 0.6 is 11.5 Å². The second-order valence-corrected chi connectivity index (χ2v) is 5.79.